The molecule has 2 aromatic rings. The van der Waals surface area contributed by atoms with Gasteiger partial charge in [-0.15, -0.1) is 11.3 Å². The van der Waals surface area contributed by atoms with Gasteiger partial charge in [-0.05, 0) is 37.6 Å². The summed E-state index contributed by atoms with van der Waals surface area (Å²) in [5.41, 5.74) is 1.57. The van der Waals surface area contributed by atoms with Crippen molar-refractivity contribution in [3.63, 3.8) is 0 Å². The number of amides is 1. The SMILES string of the molecule is CCOC(=O)c1csc(N(C)C(=O)c2cc(C)cc(Cl)c2)n1. The number of halogens is 1. The van der Waals surface area contributed by atoms with Crippen molar-refractivity contribution < 1.29 is 14.3 Å². The van der Waals surface area contributed by atoms with Gasteiger partial charge in [0.1, 0.15) is 0 Å². The average molecular weight is 339 g/mol. The minimum Gasteiger partial charge on any atom is -0.461 e. The van der Waals surface area contributed by atoms with E-state index < -0.39 is 5.97 Å². The summed E-state index contributed by atoms with van der Waals surface area (Å²) < 4.78 is 4.88. The molecule has 1 amide bonds. The van der Waals surface area contributed by atoms with Crippen LogP contribution < -0.4 is 4.90 Å². The van der Waals surface area contributed by atoms with Crippen LogP contribution in [-0.4, -0.2) is 30.5 Å². The second-order valence-electron chi connectivity index (χ2n) is 4.62. The van der Waals surface area contributed by atoms with Gasteiger partial charge in [0, 0.05) is 23.0 Å². The molecule has 1 aromatic heterocycles. The van der Waals surface area contributed by atoms with Gasteiger partial charge in [-0.25, -0.2) is 9.78 Å². The third kappa shape index (κ3) is 3.64. The molecule has 0 N–H and O–H groups in total. The number of hydrogen-bond donors (Lipinski definition) is 0. The van der Waals surface area contributed by atoms with Crippen LogP contribution >= 0.6 is 22.9 Å². The molecule has 1 heterocycles. The second kappa shape index (κ2) is 6.89. The highest BCUT2D eigenvalue weighted by atomic mass is 35.5. The number of rotatable bonds is 4. The first-order valence-electron chi connectivity index (χ1n) is 6.60. The number of nitrogens with zero attached hydrogens (tertiary/aromatic N) is 2. The predicted octanol–water partition coefficient (Wildman–Crippen LogP) is 3.56. The molecule has 5 nitrogen and oxygen atoms in total. The maximum atomic E-state index is 12.5. The Morgan fingerprint density at radius 1 is 1.36 bits per heavy atom. The van der Waals surface area contributed by atoms with Crippen LogP contribution in [0.2, 0.25) is 5.02 Å². The van der Waals surface area contributed by atoms with Gasteiger partial charge in [-0.2, -0.15) is 0 Å². The summed E-state index contributed by atoms with van der Waals surface area (Å²) in [5, 5.41) is 2.49. The van der Waals surface area contributed by atoms with Gasteiger partial charge in [-0.3, -0.25) is 9.69 Å². The molecule has 22 heavy (non-hydrogen) atoms. The number of benzene rings is 1. The molecule has 116 valence electrons. The van der Waals surface area contributed by atoms with Crippen molar-refractivity contribution in [2.75, 3.05) is 18.6 Å². The maximum Gasteiger partial charge on any atom is 0.357 e. The Balaban J connectivity index is 2.22. The van der Waals surface area contributed by atoms with Crippen LogP contribution in [0.3, 0.4) is 0 Å². The lowest BCUT2D eigenvalue weighted by Gasteiger charge is -2.14. The Hall–Kier alpha value is -1.92. The molecule has 1 aromatic carbocycles. The topological polar surface area (TPSA) is 59.5 Å². The highest BCUT2D eigenvalue weighted by molar-refractivity contribution is 7.14. The van der Waals surface area contributed by atoms with Crippen LogP contribution in [-0.2, 0) is 4.74 Å². The number of carbonyl (C=O) groups is 2. The Morgan fingerprint density at radius 3 is 2.73 bits per heavy atom. The summed E-state index contributed by atoms with van der Waals surface area (Å²) in [6.07, 6.45) is 0. The molecule has 0 saturated heterocycles. The van der Waals surface area contributed by atoms with Crippen LogP contribution in [0.4, 0.5) is 5.13 Å². The summed E-state index contributed by atoms with van der Waals surface area (Å²) in [7, 11) is 1.60. The van der Waals surface area contributed by atoms with E-state index in [1.54, 1.807) is 37.6 Å². The van der Waals surface area contributed by atoms with Crippen LogP contribution in [0, 0.1) is 6.92 Å². The van der Waals surface area contributed by atoms with Gasteiger partial charge in [0.2, 0.25) is 0 Å². The molecule has 7 heteroatoms. The quantitative estimate of drug-likeness (QED) is 0.800. The molecule has 0 aliphatic heterocycles. The molecular weight excluding hydrogens is 324 g/mol. The summed E-state index contributed by atoms with van der Waals surface area (Å²) in [6, 6.07) is 5.14. The van der Waals surface area contributed by atoms with Gasteiger partial charge < -0.3 is 4.74 Å². The summed E-state index contributed by atoms with van der Waals surface area (Å²) in [4.78, 5) is 29.6. The number of aryl methyl sites for hydroxylation is 1. The van der Waals surface area contributed by atoms with E-state index in [0.29, 0.717) is 15.7 Å². The summed E-state index contributed by atoms with van der Waals surface area (Å²) in [6.45, 7) is 3.87. The minimum atomic E-state index is -0.496. The predicted molar refractivity (Wildman–Crippen MR) is 87.0 cm³/mol. The number of aromatic nitrogens is 1. The largest absolute Gasteiger partial charge is 0.461 e. The van der Waals surface area contributed by atoms with Crippen molar-refractivity contribution in [2.24, 2.45) is 0 Å². The lowest BCUT2D eigenvalue weighted by molar-refractivity contribution is 0.0520. The fourth-order valence-corrected chi connectivity index (χ4v) is 2.91. The van der Waals surface area contributed by atoms with Crippen molar-refractivity contribution in [1.82, 2.24) is 4.98 Å². The Labute approximate surface area is 137 Å². The van der Waals surface area contributed by atoms with Gasteiger partial charge in [0.25, 0.3) is 5.91 Å². The minimum absolute atomic E-state index is 0.198. The molecular formula is C15H15ClN2O3S. The number of anilines is 1. The van der Waals surface area contributed by atoms with Gasteiger partial charge in [0.05, 0.1) is 6.61 Å². The molecule has 0 aliphatic rings. The average Bonchev–Trinajstić information content (AvgIpc) is 2.94. The van der Waals surface area contributed by atoms with Crippen molar-refractivity contribution in [3.05, 3.63) is 45.4 Å². The van der Waals surface area contributed by atoms with Gasteiger partial charge in [-0.1, -0.05) is 11.6 Å². The zero-order valence-electron chi connectivity index (χ0n) is 12.4. The third-order valence-electron chi connectivity index (χ3n) is 2.86. The second-order valence-corrected chi connectivity index (χ2v) is 5.89. The van der Waals surface area contributed by atoms with Crippen LogP contribution in [0.5, 0.6) is 0 Å². The molecule has 0 radical (unpaired) electrons. The lowest BCUT2D eigenvalue weighted by atomic mass is 10.1. The number of ether oxygens (including phenoxy) is 1. The molecule has 2 rings (SSSR count). The summed E-state index contributed by atoms with van der Waals surface area (Å²) in [5.74, 6) is -0.736. The fourth-order valence-electron chi connectivity index (χ4n) is 1.86. The first-order chi connectivity index (χ1) is 10.4. The van der Waals surface area contributed by atoms with E-state index in [2.05, 4.69) is 4.98 Å². The molecule has 0 fully saturated rings. The number of esters is 1. The zero-order valence-corrected chi connectivity index (χ0v) is 14.0. The van der Waals surface area contributed by atoms with Crippen LogP contribution in [0.1, 0.15) is 33.3 Å². The van der Waals surface area contributed by atoms with E-state index >= 15 is 0 Å². The first kappa shape index (κ1) is 16.5. The van der Waals surface area contributed by atoms with Gasteiger partial charge >= 0.3 is 5.97 Å². The van der Waals surface area contributed by atoms with Gasteiger partial charge in [0.15, 0.2) is 10.8 Å². The summed E-state index contributed by atoms with van der Waals surface area (Å²) >= 11 is 7.18. The van der Waals surface area contributed by atoms with E-state index in [9.17, 15) is 9.59 Å². The van der Waals surface area contributed by atoms with E-state index in [0.717, 1.165) is 5.56 Å². The molecule has 0 spiro atoms. The van der Waals surface area contributed by atoms with Crippen LogP contribution in [0.15, 0.2) is 23.6 Å². The lowest BCUT2D eigenvalue weighted by Crippen LogP contribution is -2.26. The first-order valence-corrected chi connectivity index (χ1v) is 7.86. The Morgan fingerprint density at radius 2 is 2.09 bits per heavy atom. The highest BCUT2D eigenvalue weighted by Crippen LogP contribution is 2.23. The third-order valence-corrected chi connectivity index (χ3v) is 3.99. The van der Waals surface area contributed by atoms with Crippen molar-refractivity contribution >= 4 is 39.9 Å². The fraction of sp³-hybridized carbons (Fsp3) is 0.267. The number of carbonyl (C=O) groups excluding carboxylic acids is 2. The smallest absolute Gasteiger partial charge is 0.357 e. The highest BCUT2D eigenvalue weighted by Gasteiger charge is 2.19. The molecule has 0 bridgehead atoms. The van der Waals surface area contributed by atoms with E-state index in [4.69, 9.17) is 16.3 Å². The van der Waals surface area contributed by atoms with E-state index in [1.807, 2.05) is 6.92 Å². The monoisotopic (exact) mass is 338 g/mol. The zero-order chi connectivity index (χ0) is 16.3. The van der Waals surface area contributed by atoms with Crippen LogP contribution in [0.25, 0.3) is 0 Å². The maximum absolute atomic E-state index is 12.5. The van der Waals surface area contributed by atoms with E-state index in [-0.39, 0.29) is 18.2 Å². The standard InChI is InChI=1S/C15H15ClN2O3S/c1-4-21-14(20)12-8-22-15(17-12)18(3)13(19)10-5-9(2)6-11(16)7-10/h5-8H,4H2,1-3H3. The number of hydrogen-bond acceptors (Lipinski definition) is 5. The molecule has 0 unspecified atom stereocenters. The molecule has 0 atom stereocenters. The Bertz CT molecular complexity index is 694. The molecule has 0 saturated carbocycles. The van der Waals surface area contributed by atoms with E-state index in [1.165, 1.54) is 16.2 Å². The van der Waals surface area contributed by atoms with Crippen molar-refractivity contribution in [1.29, 1.82) is 0 Å². The normalized spacial score (nSPS) is 10.4. The van der Waals surface area contributed by atoms with Crippen molar-refractivity contribution in [3.8, 4) is 0 Å². The van der Waals surface area contributed by atoms with Crippen molar-refractivity contribution in [2.45, 2.75) is 13.8 Å². The molecule has 0 aliphatic carbocycles. The Kier molecular flexibility index (Phi) is 5.15. The number of thiazole rings is 1.